The van der Waals surface area contributed by atoms with Crippen LogP contribution in [-0.4, -0.2) is 34.7 Å². The SMILES string of the molecule is CCOCn1c(-c2ccc(Cl)cc2)c(C#N)c(Br)c1C(F)(F)F.CN1CCC[C@H]1c1cccnc1. The highest BCUT2D eigenvalue weighted by atomic mass is 79.9. The summed E-state index contributed by atoms with van der Waals surface area (Å²) >= 11 is 8.73. The van der Waals surface area contributed by atoms with E-state index >= 15 is 0 Å². The average Bonchev–Trinajstić information content (AvgIpc) is 3.39. The molecule has 0 unspecified atom stereocenters. The van der Waals surface area contributed by atoms with Crippen molar-refractivity contribution in [1.29, 1.82) is 5.26 Å². The molecular weight excluding hydrogens is 545 g/mol. The van der Waals surface area contributed by atoms with Crippen molar-refractivity contribution >= 4 is 27.5 Å². The summed E-state index contributed by atoms with van der Waals surface area (Å²) < 4.78 is 46.0. The third kappa shape index (κ3) is 6.44. The molecule has 1 atom stereocenters. The fraction of sp³-hybridized carbons (Fsp3) is 0.360. The number of ether oxygens (including phenoxy) is 1. The zero-order valence-corrected chi connectivity index (χ0v) is 21.7. The molecule has 10 heteroatoms. The Bertz CT molecular complexity index is 1160. The lowest BCUT2D eigenvalue weighted by molar-refractivity contribution is -0.146. The second-order valence-corrected chi connectivity index (χ2v) is 9.21. The van der Waals surface area contributed by atoms with Gasteiger partial charge >= 0.3 is 6.18 Å². The van der Waals surface area contributed by atoms with Crippen molar-refractivity contribution in [3.63, 3.8) is 0 Å². The molecule has 0 bridgehead atoms. The zero-order chi connectivity index (χ0) is 25.6. The predicted molar refractivity (Wildman–Crippen MR) is 133 cm³/mol. The molecule has 1 aliphatic heterocycles. The first kappa shape index (κ1) is 27.2. The minimum Gasteiger partial charge on any atom is -0.361 e. The molecule has 1 saturated heterocycles. The lowest BCUT2D eigenvalue weighted by Gasteiger charge is -2.18. The lowest BCUT2D eigenvalue weighted by atomic mass is 10.1. The maximum atomic E-state index is 13.4. The first-order valence-corrected chi connectivity index (χ1v) is 12.2. The molecule has 2 aromatic heterocycles. The van der Waals surface area contributed by atoms with E-state index in [4.69, 9.17) is 16.3 Å². The van der Waals surface area contributed by atoms with Crippen molar-refractivity contribution in [2.75, 3.05) is 20.2 Å². The predicted octanol–water partition coefficient (Wildman–Crippen LogP) is 7.30. The maximum Gasteiger partial charge on any atom is 0.432 e. The van der Waals surface area contributed by atoms with Crippen LogP contribution >= 0.6 is 27.5 Å². The lowest BCUT2D eigenvalue weighted by Crippen LogP contribution is -2.17. The highest BCUT2D eigenvalue weighted by Gasteiger charge is 2.40. The number of hydrogen-bond donors (Lipinski definition) is 0. The van der Waals surface area contributed by atoms with E-state index in [1.54, 1.807) is 31.2 Å². The third-order valence-electron chi connectivity index (χ3n) is 5.72. The van der Waals surface area contributed by atoms with Crippen molar-refractivity contribution in [3.05, 3.63) is 75.1 Å². The summed E-state index contributed by atoms with van der Waals surface area (Å²) in [6.07, 6.45) is 1.77. The number of likely N-dealkylation sites (tertiary alicyclic amines) is 1. The molecule has 4 rings (SSSR count). The van der Waals surface area contributed by atoms with Gasteiger partial charge in [0.2, 0.25) is 0 Å². The Kier molecular flexibility index (Phi) is 9.36. The number of benzene rings is 1. The Morgan fingerprint density at radius 3 is 2.49 bits per heavy atom. The van der Waals surface area contributed by atoms with Crippen molar-refractivity contribution in [2.45, 2.75) is 38.7 Å². The number of nitrogens with zero attached hydrogens (tertiary/aromatic N) is 4. The van der Waals surface area contributed by atoms with Crippen LogP contribution < -0.4 is 0 Å². The zero-order valence-electron chi connectivity index (χ0n) is 19.3. The van der Waals surface area contributed by atoms with Crippen LogP contribution in [-0.2, 0) is 17.6 Å². The smallest absolute Gasteiger partial charge is 0.361 e. The van der Waals surface area contributed by atoms with E-state index in [2.05, 4.69) is 38.9 Å². The highest BCUT2D eigenvalue weighted by molar-refractivity contribution is 9.10. The van der Waals surface area contributed by atoms with Gasteiger partial charge in [0.05, 0.1) is 15.7 Å². The van der Waals surface area contributed by atoms with Gasteiger partial charge in [0, 0.05) is 30.1 Å². The summed E-state index contributed by atoms with van der Waals surface area (Å²) in [5.74, 6) is 0. The van der Waals surface area contributed by atoms with Crippen molar-refractivity contribution < 1.29 is 17.9 Å². The van der Waals surface area contributed by atoms with Crippen molar-refractivity contribution in [1.82, 2.24) is 14.5 Å². The van der Waals surface area contributed by atoms with Crippen LogP contribution in [0.1, 0.15) is 42.6 Å². The van der Waals surface area contributed by atoms with Crippen LogP contribution in [0.4, 0.5) is 13.2 Å². The number of halogens is 5. The van der Waals surface area contributed by atoms with Crippen molar-refractivity contribution in [3.8, 4) is 17.3 Å². The van der Waals surface area contributed by atoms with Gasteiger partial charge in [-0.15, -0.1) is 0 Å². The molecular formula is C25H25BrClF3N4O. The number of rotatable bonds is 5. The normalized spacial score (nSPS) is 16.0. The Morgan fingerprint density at radius 1 is 1.26 bits per heavy atom. The summed E-state index contributed by atoms with van der Waals surface area (Å²) in [6.45, 7) is 2.83. The molecule has 3 aromatic rings. The highest BCUT2D eigenvalue weighted by Crippen LogP contribution is 2.43. The van der Waals surface area contributed by atoms with E-state index in [-0.39, 0.29) is 29.1 Å². The standard InChI is InChI=1S/C15H11BrClF3N2O.C10H14N2/c1-2-23-8-22-13(9-3-5-10(17)6-4-9)11(7-21)12(16)14(22)15(18,19)20;1-12-7-3-5-10(12)9-4-2-6-11-8-9/h3-6H,2,8H2,1H3;2,4,6,8,10H,3,5,7H2,1H3/t;10-/m.0/s1. The Balaban J connectivity index is 0.000000237. The van der Waals surface area contributed by atoms with Gasteiger partial charge in [0.15, 0.2) is 0 Å². The molecule has 35 heavy (non-hydrogen) atoms. The summed E-state index contributed by atoms with van der Waals surface area (Å²) in [7, 11) is 2.19. The molecule has 0 N–H and O–H groups in total. The molecule has 0 saturated carbocycles. The van der Waals surface area contributed by atoms with Crippen LogP contribution in [0.25, 0.3) is 11.3 Å². The first-order chi connectivity index (χ1) is 16.7. The summed E-state index contributed by atoms with van der Waals surface area (Å²) in [5.41, 5.74) is 0.892. The van der Waals surface area contributed by atoms with Gasteiger partial charge in [-0.3, -0.25) is 9.88 Å². The average molecular weight is 570 g/mol. The van der Waals surface area contributed by atoms with E-state index in [9.17, 15) is 18.4 Å². The molecule has 186 valence electrons. The number of alkyl halides is 3. The van der Waals surface area contributed by atoms with Crippen LogP contribution in [0.2, 0.25) is 5.02 Å². The van der Waals surface area contributed by atoms with Gasteiger partial charge in [-0.2, -0.15) is 18.4 Å². The Morgan fingerprint density at radius 2 is 1.97 bits per heavy atom. The van der Waals surface area contributed by atoms with Crippen LogP contribution in [0.3, 0.4) is 0 Å². The first-order valence-electron chi connectivity index (χ1n) is 11.0. The molecule has 1 fully saturated rings. The molecule has 1 aliphatic rings. The summed E-state index contributed by atoms with van der Waals surface area (Å²) in [4.78, 5) is 6.54. The summed E-state index contributed by atoms with van der Waals surface area (Å²) in [5, 5.41) is 9.77. The Labute approximate surface area is 216 Å². The second kappa shape index (κ2) is 12.0. The molecule has 0 aliphatic carbocycles. The Hall–Kier alpha value is -2.38. The largest absolute Gasteiger partial charge is 0.432 e. The molecule has 3 heterocycles. The van der Waals surface area contributed by atoms with E-state index in [0.29, 0.717) is 16.6 Å². The minimum atomic E-state index is -4.63. The fourth-order valence-corrected chi connectivity index (χ4v) is 4.93. The number of aromatic nitrogens is 2. The van der Waals surface area contributed by atoms with E-state index < -0.39 is 11.9 Å². The topological polar surface area (TPSA) is 54.1 Å². The van der Waals surface area contributed by atoms with Gasteiger partial charge < -0.3 is 9.30 Å². The monoisotopic (exact) mass is 568 g/mol. The van der Waals surface area contributed by atoms with Crippen LogP contribution in [0.5, 0.6) is 0 Å². The third-order valence-corrected chi connectivity index (χ3v) is 6.74. The minimum absolute atomic E-state index is 0.0978. The van der Waals surface area contributed by atoms with E-state index in [1.165, 1.54) is 24.9 Å². The number of nitriles is 1. The van der Waals surface area contributed by atoms with Gasteiger partial charge in [-0.25, -0.2) is 0 Å². The number of hydrogen-bond acceptors (Lipinski definition) is 4. The van der Waals surface area contributed by atoms with E-state index in [0.717, 1.165) is 4.57 Å². The van der Waals surface area contributed by atoms with E-state index in [1.807, 2.05) is 24.5 Å². The van der Waals surface area contributed by atoms with Crippen LogP contribution in [0, 0.1) is 11.3 Å². The molecule has 0 spiro atoms. The summed E-state index contributed by atoms with van der Waals surface area (Å²) in [6, 6.07) is 12.9. The van der Waals surface area contributed by atoms with Crippen molar-refractivity contribution in [2.24, 2.45) is 0 Å². The van der Waals surface area contributed by atoms with Gasteiger partial charge in [0.1, 0.15) is 18.5 Å². The molecule has 1 aromatic carbocycles. The van der Waals surface area contributed by atoms with Gasteiger partial charge in [-0.05, 0) is 78.6 Å². The molecule has 5 nitrogen and oxygen atoms in total. The van der Waals surface area contributed by atoms with Gasteiger partial charge in [0.25, 0.3) is 0 Å². The molecule has 0 amide bonds. The fourth-order valence-electron chi connectivity index (χ4n) is 4.09. The molecule has 0 radical (unpaired) electrons. The van der Waals surface area contributed by atoms with Crippen LogP contribution in [0.15, 0.2) is 53.3 Å². The van der Waals surface area contributed by atoms with Gasteiger partial charge in [-0.1, -0.05) is 29.8 Å². The maximum absolute atomic E-state index is 13.4. The second-order valence-electron chi connectivity index (χ2n) is 7.98. The number of pyridine rings is 1. The quantitative estimate of drug-likeness (QED) is 0.323.